The number of aryl methyl sites for hydroxylation is 1. The van der Waals surface area contributed by atoms with Crippen molar-refractivity contribution in [1.82, 2.24) is 5.32 Å². The first-order chi connectivity index (χ1) is 12.0. The van der Waals surface area contributed by atoms with Crippen LogP contribution in [0.3, 0.4) is 0 Å². The predicted octanol–water partition coefficient (Wildman–Crippen LogP) is 3.59. The second-order valence-corrected chi connectivity index (χ2v) is 6.30. The molecule has 1 saturated heterocycles. The highest BCUT2D eigenvalue weighted by Gasteiger charge is 2.24. The number of carbonyl (C=O) groups is 1. The van der Waals surface area contributed by atoms with Gasteiger partial charge >= 0.3 is 0 Å². The maximum Gasteiger partial charge on any atom is 0.270 e. The lowest BCUT2D eigenvalue weighted by Gasteiger charge is -2.21. The molecule has 7 nitrogen and oxygen atoms in total. The monoisotopic (exact) mass is 343 g/mol. The zero-order valence-electron chi connectivity index (χ0n) is 14.3. The minimum atomic E-state index is -0.482. The summed E-state index contributed by atoms with van der Waals surface area (Å²) < 4.78 is 5.54. The van der Waals surface area contributed by atoms with E-state index >= 15 is 0 Å². The largest absolute Gasteiger partial charge is 0.464 e. The molecular formula is C18H21N3O4. The van der Waals surface area contributed by atoms with Gasteiger partial charge in [0.05, 0.1) is 22.2 Å². The minimum absolute atomic E-state index is 0.0883. The Labute approximate surface area is 145 Å². The minimum Gasteiger partial charge on any atom is -0.464 e. The number of nitro groups is 1. The van der Waals surface area contributed by atoms with Crippen LogP contribution < -0.4 is 10.2 Å². The normalized spacial score (nSPS) is 15.2. The summed E-state index contributed by atoms with van der Waals surface area (Å²) >= 11 is 0. The van der Waals surface area contributed by atoms with Gasteiger partial charge in [-0.15, -0.1) is 0 Å². The number of anilines is 1. The summed E-state index contributed by atoms with van der Waals surface area (Å²) in [4.78, 5) is 25.5. The number of furan rings is 1. The van der Waals surface area contributed by atoms with Crippen LogP contribution >= 0.6 is 0 Å². The molecule has 0 radical (unpaired) electrons. The van der Waals surface area contributed by atoms with Crippen molar-refractivity contribution in [2.24, 2.45) is 0 Å². The molecule has 25 heavy (non-hydrogen) atoms. The van der Waals surface area contributed by atoms with E-state index in [9.17, 15) is 14.9 Å². The van der Waals surface area contributed by atoms with E-state index < -0.39 is 4.92 Å². The van der Waals surface area contributed by atoms with Crippen LogP contribution in [0.2, 0.25) is 0 Å². The molecule has 0 spiro atoms. The summed E-state index contributed by atoms with van der Waals surface area (Å²) in [6.45, 7) is 5.36. The van der Waals surface area contributed by atoms with Crippen LogP contribution in [0.25, 0.3) is 0 Å². The molecular weight excluding hydrogens is 322 g/mol. The molecule has 1 unspecified atom stereocenters. The Kier molecular flexibility index (Phi) is 4.74. The van der Waals surface area contributed by atoms with Crippen molar-refractivity contribution in [1.29, 1.82) is 0 Å². The molecule has 1 aromatic carbocycles. The van der Waals surface area contributed by atoms with E-state index in [-0.39, 0.29) is 17.6 Å². The quantitative estimate of drug-likeness (QED) is 0.662. The van der Waals surface area contributed by atoms with Gasteiger partial charge in [0.2, 0.25) is 0 Å². The Bertz CT molecular complexity index is 793. The molecule has 0 bridgehead atoms. The van der Waals surface area contributed by atoms with Crippen LogP contribution in [0.5, 0.6) is 0 Å². The number of non-ortho nitro benzene ring substituents is 1. The number of benzene rings is 1. The Balaban J connectivity index is 1.88. The zero-order valence-corrected chi connectivity index (χ0v) is 14.3. The van der Waals surface area contributed by atoms with E-state index in [1.165, 1.54) is 12.1 Å². The van der Waals surface area contributed by atoms with E-state index in [4.69, 9.17) is 4.42 Å². The number of carbonyl (C=O) groups excluding carboxylic acids is 1. The number of nitrogens with zero attached hydrogens (tertiary/aromatic N) is 2. The fourth-order valence-electron chi connectivity index (χ4n) is 3.08. The number of rotatable bonds is 5. The van der Waals surface area contributed by atoms with Gasteiger partial charge in [-0.3, -0.25) is 14.9 Å². The third-order valence-electron chi connectivity index (χ3n) is 4.42. The first-order valence-corrected chi connectivity index (χ1v) is 8.36. The fraction of sp³-hybridized carbons (Fsp3) is 0.389. The van der Waals surface area contributed by atoms with Crippen LogP contribution in [0.1, 0.15) is 47.7 Å². The first kappa shape index (κ1) is 17.0. The van der Waals surface area contributed by atoms with Crippen LogP contribution in [-0.4, -0.2) is 23.9 Å². The van der Waals surface area contributed by atoms with Crippen molar-refractivity contribution < 1.29 is 14.1 Å². The number of nitrogens with one attached hydrogen (secondary N) is 1. The second-order valence-electron chi connectivity index (χ2n) is 6.30. The predicted molar refractivity (Wildman–Crippen MR) is 93.9 cm³/mol. The number of amides is 1. The van der Waals surface area contributed by atoms with Crippen LogP contribution in [0.15, 0.2) is 34.7 Å². The molecule has 1 aliphatic heterocycles. The lowest BCUT2D eigenvalue weighted by Crippen LogP contribution is -2.29. The molecule has 2 aromatic rings. The SMILES string of the molecule is Cc1ccc(C(C)NC(=O)c2cc([N+](=O)[O-])ccc2N2CCCC2)o1. The zero-order chi connectivity index (χ0) is 18.0. The van der Waals surface area contributed by atoms with Gasteiger partial charge in [-0.1, -0.05) is 0 Å². The highest BCUT2D eigenvalue weighted by molar-refractivity contribution is 6.00. The van der Waals surface area contributed by atoms with Gasteiger partial charge in [0.15, 0.2) is 0 Å². The summed E-state index contributed by atoms with van der Waals surface area (Å²) in [6, 6.07) is 7.79. The van der Waals surface area contributed by atoms with E-state index in [0.29, 0.717) is 11.3 Å². The maximum absolute atomic E-state index is 12.8. The third-order valence-corrected chi connectivity index (χ3v) is 4.42. The van der Waals surface area contributed by atoms with Gasteiger partial charge in [0.1, 0.15) is 11.5 Å². The lowest BCUT2D eigenvalue weighted by atomic mass is 10.1. The van der Waals surface area contributed by atoms with Crippen molar-refractivity contribution in [2.45, 2.75) is 32.7 Å². The van der Waals surface area contributed by atoms with Crippen molar-refractivity contribution in [3.63, 3.8) is 0 Å². The molecule has 1 N–H and O–H groups in total. The van der Waals surface area contributed by atoms with Gasteiger partial charge in [0.25, 0.3) is 11.6 Å². The maximum atomic E-state index is 12.8. The third kappa shape index (κ3) is 3.65. The fourth-order valence-corrected chi connectivity index (χ4v) is 3.08. The molecule has 1 aliphatic rings. The van der Waals surface area contributed by atoms with Gasteiger partial charge in [-0.2, -0.15) is 0 Å². The number of hydrogen-bond acceptors (Lipinski definition) is 5. The van der Waals surface area contributed by atoms with Crippen molar-refractivity contribution in [3.05, 3.63) is 57.5 Å². The molecule has 1 atom stereocenters. The molecule has 0 aliphatic carbocycles. The van der Waals surface area contributed by atoms with Crippen molar-refractivity contribution in [3.8, 4) is 0 Å². The van der Waals surface area contributed by atoms with Gasteiger partial charge < -0.3 is 14.6 Å². The Morgan fingerprint density at radius 1 is 1.28 bits per heavy atom. The Hall–Kier alpha value is -2.83. The smallest absolute Gasteiger partial charge is 0.270 e. The molecule has 2 heterocycles. The number of nitro benzene ring substituents is 1. The highest BCUT2D eigenvalue weighted by atomic mass is 16.6. The first-order valence-electron chi connectivity index (χ1n) is 8.36. The highest BCUT2D eigenvalue weighted by Crippen LogP contribution is 2.29. The summed E-state index contributed by atoms with van der Waals surface area (Å²) in [5.41, 5.74) is 0.976. The van der Waals surface area contributed by atoms with Crippen LogP contribution in [0, 0.1) is 17.0 Å². The molecule has 132 valence electrons. The van der Waals surface area contributed by atoms with Crippen LogP contribution in [-0.2, 0) is 0 Å². The summed E-state index contributed by atoms with van der Waals surface area (Å²) in [7, 11) is 0. The second kappa shape index (κ2) is 6.96. The molecule has 1 fully saturated rings. The molecule has 0 saturated carbocycles. The average Bonchev–Trinajstić information content (AvgIpc) is 3.25. The summed E-state index contributed by atoms with van der Waals surface area (Å²) in [6.07, 6.45) is 2.11. The standard InChI is InChI=1S/C18H21N3O4/c1-12-5-8-17(25-12)13(2)19-18(22)15-11-14(21(23)24)6-7-16(15)20-9-3-4-10-20/h5-8,11,13H,3-4,9-10H2,1-2H3,(H,19,22). The number of hydrogen-bond donors (Lipinski definition) is 1. The molecule has 1 amide bonds. The molecule has 3 rings (SSSR count). The van der Waals surface area contributed by atoms with E-state index in [1.54, 1.807) is 6.07 Å². The van der Waals surface area contributed by atoms with E-state index in [2.05, 4.69) is 10.2 Å². The van der Waals surface area contributed by atoms with Gasteiger partial charge in [-0.25, -0.2) is 0 Å². The molecule has 7 heteroatoms. The average molecular weight is 343 g/mol. The van der Waals surface area contributed by atoms with Crippen molar-refractivity contribution >= 4 is 17.3 Å². The Morgan fingerprint density at radius 2 is 2.00 bits per heavy atom. The molecule has 1 aromatic heterocycles. The van der Waals surface area contributed by atoms with Crippen LogP contribution in [0.4, 0.5) is 11.4 Å². The lowest BCUT2D eigenvalue weighted by molar-refractivity contribution is -0.384. The van der Waals surface area contributed by atoms with E-state index in [1.807, 2.05) is 26.0 Å². The summed E-state index contributed by atoms with van der Waals surface area (Å²) in [5.74, 6) is 1.08. The van der Waals surface area contributed by atoms with Crippen molar-refractivity contribution in [2.75, 3.05) is 18.0 Å². The van der Waals surface area contributed by atoms with E-state index in [0.717, 1.165) is 37.4 Å². The topological polar surface area (TPSA) is 88.6 Å². The Morgan fingerprint density at radius 3 is 2.60 bits per heavy atom. The van der Waals surface area contributed by atoms with Gasteiger partial charge in [0, 0.05) is 25.2 Å². The summed E-state index contributed by atoms with van der Waals surface area (Å²) in [5, 5.41) is 14.0. The van der Waals surface area contributed by atoms with Gasteiger partial charge in [-0.05, 0) is 44.9 Å².